The van der Waals surface area contributed by atoms with Gasteiger partial charge in [0, 0.05) is 32.0 Å². The molecule has 0 saturated carbocycles. The van der Waals surface area contributed by atoms with E-state index in [2.05, 4.69) is 24.4 Å². The number of carbonyl (C=O) groups is 2. The highest BCUT2D eigenvalue weighted by molar-refractivity contribution is 7.80. The van der Waals surface area contributed by atoms with Gasteiger partial charge in [0.2, 0.25) is 5.91 Å². The normalized spacial score (nSPS) is 15.0. The van der Waals surface area contributed by atoms with Crippen LogP contribution in [0, 0.1) is 0 Å². The summed E-state index contributed by atoms with van der Waals surface area (Å²) in [5.74, 6) is 0.326. The van der Waals surface area contributed by atoms with Crippen LogP contribution < -0.4 is 19.9 Å². The number of anilines is 3. The molecule has 0 spiro atoms. The van der Waals surface area contributed by atoms with Crippen molar-refractivity contribution in [1.82, 2.24) is 4.90 Å². The second kappa shape index (κ2) is 13.2. The van der Waals surface area contributed by atoms with Crippen LogP contribution in [-0.4, -0.2) is 55.1 Å². The van der Waals surface area contributed by atoms with E-state index in [-0.39, 0.29) is 18.2 Å². The lowest BCUT2D eigenvalue weighted by Gasteiger charge is -2.24. The minimum atomic E-state index is -0.689. The molecule has 1 unspecified atom stereocenters. The molecule has 1 fully saturated rings. The van der Waals surface area contributed by atoms with Crippen LogP contribution in [0.4, 0.5) is 17.1 Å². The first-order chi connectivity index (χ1) is 18.9. The summed E-state index contributed by atoms with van der Waals surface area (Å²) in [6, 6.07) is 24.4. The van der Waals surface area contributed by atoms with Gasteiger partial charge < -0.3 is 19.9 Å². The molecule has 0 radical (unpaired) electrons. The predicted molar refractivity (Wildman–Crippen MR) is 162 cm³/mol. The van der Waals surface area contributed by atoms with Crippen molar-refractivity contribution in [2.45, 2.75) is 38.6 Å². The maximum absolute atomic E-state index is 13.7. The van der Waals surface area contributed by atoms with Gasteiger partial charge in [-0.25, -0.2) is 0 Å². The summed E-state index contributed by atoms with van der Waals surface area (Å²) in [7, 11) is 3.93. The maximum atomic E-state index is 13.7. The summed E-state index contributed by atoms with van der Waals surface area (Å²) in [5.41, 5.74) is 3.52. The van der Waals surface area contributed by atoms with E-state index in [9.17, 15) is 9.59 Å². The van der Waals surface area contributed by atoms with Crippen molar-refractivity contribution >= 4 is 46.2 Å². The lowest BCUT2D eigenvalue weighted by Crippen LogP contribution is -2.39. The molecule has 0 aliphatic carbocycles. The zero-order valence-corrected chi connectivity index (χ0v) is 23.6. The minimum absolute atomic E-state index is 0.00516. The van der Waals surface area contributed by atoms with Crippen LogP contribution in [0.3, 0.4) is 0 Å². The van der Waals surface area contributed by atoms with Gasteiger partial charge in [-0.3, -0.25) is 14.5 Å². The number of nitrogens with zero attached hydrogens (tertiary/aromatic N) is 3. The molecule has 4 rings (SSSR count). The Balaban J connectivity index is 1.48. The first-order valence-corrected chi connectivity index (χ1v) is 13.8. The molecule has 2 amide bonds. The van der Waals surface area contributed by atoms with E-state index in [1.54, 1.807) is 4.90 Å². The zero-order valence-electron chi connectivity index (χ0n) is 22.8. The molecule has 39 heavy (non-hydrogen) atoms. The predicted octanol–water partition coefficient (Wildman–Crippen LogP) is 5.51. The van der Waals surface area contributed by atoms with Crippen LogP contribution in [-0.2, 0) is 16.0 Å². The van der Waals surface area contributed by atoms with Gasteiger partial charge in [-0.1, -0.05) is 43.7 Å². The Morgan fingerprint density at radius 2 is 1.69 bits per heavy atom. The minimum Gasteiger partial charge on any atom is -0.494 e. The number of hydrogen-bond acceptors (Lipinski definition) is 5. The van der Waals surface area contributed by atoms with Crippen LogP contribution in [0.2, 0.25) is 0 Å². The fraction of sp³-hybridized carbons (Fsp3) is 0.323. The van der Waals surface area contributed by atoms with Crippen molar-refractivity contribution in [3.05, 3.63) is 84.4 Å². The van der Waals surface area contributed by atoms with Crippen molar-refractivity contribution in [3.63, 3.8) is 0 Å². The fourth-order valence-corrected chi connectivity index (χ4v) is 4.89. The molecule has 0 bridgehead atoms. The third-order valence-electron chi connectivity index (χ3n) is 6.71. The second-order valence-corrected chi connectivity index (χ2v) is 10.2. The van der Waals surface area contributed by atoms with Crippen LogP contribution in [0.25, 0.3) is 0 Å². The molecule has 1 aliphatic heterocycles. The van der Waals surface area contributed by atoms with E-state index >= 15 is 0 Å². The molecule has 1 atom stereocenters. The standard InChI is InChI=1S/C31H36N4O3S/c1-4-5-21-38-27-17-11-24(12-18-27)32-29(36)22-28-30(37)35(26-15-13-25(14-16-26)33(2)3)31(39)34(28)20-19-23-9-7-6-8-10-23/h6-18,28H,4-5,19-22H2,1-3H3,(H,32,36). The van der Waals surface area contributed by atoms with Crippen molar-refractivity contribution in [1.29, 1.82) is 0 Å². The van der Waals surface area contributed by atoms with Gasteiger partial charge >= 0.3 is 0 Å². The first kappa shape index (κ1) is 28.1. The third kappa shape index (κ3) is 7.15. The second-order valence-electron chi connectivity index (χ2n) is 9.79. The van der Waals surface area contributed by atoms with E-state index in [4.69, 9.17) is 17.0 Å². The number of amides is 2. The molecule has 1 aliphatic rings. The monoisotopic (exact) mass is 544 g/mol. The number of thiocarbonyl (C=S) groups is 1. The number of carbonyl (C=O) groups excluding carboxylic acids is 2. The van der Waals surface area contributed by atoms with E-state index in [1.165, 1.54) is 0 Å². The Labute approximate surface area is 236 Å². The van der Waals surface area contributed by atoms with Gasteiger partial charge in [0.05, 0.1) is 18.7 Å². The van der Waals surface area contributed by atoms with Crippen molar-refractivity contribution in [2.75, 3.05) is 42.4 Å². The summed E-state index contributed by atoms with van der Waals surface area (Å²) < 4.78 is 5.70. The van der Waals surface area contributed by atoms with Gasteiger partial charge in [-0.05, 0) is 79.2 Å². The molecule has 0 aromatic heterocycles. The van der Waals surface area contributed by atoms with Gasteiger partial charge in [-0.15, -0.1) is 0 Å². The molecule has 1 N–H and O–H groups in total. The Morgan fingerprint density at radius 3 is 2.33 bits per heavy atom. The SMILES string of the molecule is CCCCOc1ccc(NC(=O)CC2C(=O)N(c3ccc(N(C)C)cc3)C(=S)N2CCc2ccccc2)cc1. The van der Waals surface area contributed by atoms with E-state index in [0.717, 1.165) is 29.8 Å². The van der Waals surface area contributed by atoms with Gasteiger partial charge in [-0.2, -0.15) is 0 Å². The summed E-state index contributed by atoms with van der Waals surface area (Å²) in [6.07, 6.45) is 2.76. The highest BCUT2D eigenvalue weighted by Crippen LogP contribution is 2.29. The molecule has 3 aromatic carbocycles. The number of ether oxygens (including phenoxy) is 1. The largest absolute Gasteiger partial charge is 0.494 e. The third-order valence-corrected chi connectivity index (χ3v) is 7.13. The van der Waals surface area contributed by atoms with Crippen LogP contribution in [0.5, 0.6) is 5.75 Å². The quantitative estimate of drug-likeness (QED) is 0.240. The summed E-state index contributed by atoms with van der Waals surface area (Å²) in [6.45, 7) is 3.31. The summed E-state index contributed by atoms with van der Waals surface area (Å²) in [5, 5.41) is 3.34. The highest BCUT2D eigenvalue weighted by Gasteiger charge is 2.43. The topological polar surface area (TPSA) is 65.1 Å². The molecule has 1 heterocycles. The number of benzene rings is 3. The average molecular weight is 545 g/mol. The number of hydrogen-bond donors (Lipinski definition) is 1. The lowest BCUT2D eigenvalue weighted by atomic mass is 10.1. The van der Waals surface area contributed by atoms with E-state index < -0.39 is 6.04 Å². The number of nitrogens with one attached hydrogen (secondary N) is 1. The summed E-state index contributed by atoms with van der Waals surface area (Å²) >= 11 is 5.81. The van der Waals surface area contributed by atoms with Crippen molar-refractivity contribution in [3.8, 4) is 5.75 Å². The Hall–Kier alpha value is -3.91. The van der Waals surface area contributed by atoms with Crippen LogP contribution in [0.15, 0.2) is 78.9 Å². The Morgan fingerprint density at radius 1 is 1.00 bits per heavy atom. The van der Waals surface area contributed by atoms with Gasteiger partial charge in [0.25, 0.3) is 5.91 Å². The first-order valence-electron chi connectivity index (χ1n) is 13.4. The highest BCUT2D eigenvalue weighted by atomic mass is 32.1. The van der Waals surface area contributed by atoms with Crippen LogP contribution in [0.1, 0.15) is 31.7 Å². The van der Waals surface area contributed by atoms with Crippen LogP contribution >= 0.6 is 12.2 Å². The number of rotatable bonds is 12. The molecule has 3 aromatic rings. The smallest absolute Gasteiger partial charge is 0.256 e. The molecular formula is C31H36N4O3S. The molecular weight excluding hydrogens is 508 g/mol. The van der Waals surface area contributed by atoms with Gasteiger partial charge in [0.1, 0.15) is 11.8 Å². The molecule has 7 nitrogen and oxygen atoms in total. The number of unbranched alkanes of at least 4 members (excludes halogenated alkanes) is 1. The molecule has 204 valence electrons. The molecule has 8 heteroatoms. The average Bonchev–Trinajstić information content (AvgIpc) is 3.17. The van der Waals surface area contributed by atoms with Crippen molar-refractivity contribution < 1.29 is 14.3 Å². The molecule has 1 saturated heterocycles. The van der Waals surface area contributed by atoms with E-state index in [1.807, 2.05) is 90.6 Å². The van der Waals surface area contributed by atoms with Gasteiger partial charge in [0.15, 0.2) is 5.11 Å². The zero-order chi connectivity index (χ0) is 27.8. The fourth-order valence-electron chi connectivity index (χ4n) is 4.48. The Kier molecular flexibility index (Phi) is 9.54. The lowest BCUT2D eigenvalue weighted by molar-refractivity contribution is -0.124. The van der Waals surface area contributed by atoms with Crippen molar-refractivity contribution in [2.24, 2.45) is 0 Å². The maximum Gasteiger partial charge on any atom is 0.256 e. The van der Waals surface area contributed by atoms with E-state index in [0.29, 0.717) is 36.1 Å². The Bertz CT molecular complexity index is 1260. The summed E-state index contributed by atoms with van der Waals surface area (Å²) in [4.78, 5) is 32.3.